The number of aryl methyl sites for hydroxylation is 1. The van der Waals surface area contributed by atoms with Crippen LogP contribution in [-0.2, 0) is 25.9 Å². The van der Waals surface area contributed by atoms with Gasteiger partial charge in [-0.3, -0.25) is 0 Å². The van der Waals surface area contributed by atoms with E-state index in [1.54, 1.807) is 0 Å². The zero-order valence-electron chi connectivity index (χ0n) is 21.3. The lowest BCUT2D eigenvalue weighted by atomic mass is 9.96. The summed E-state index contributed by atoms with van der Waals surface area (Å²) in [7, 11) is 0. The molecule has 3 rings (SSSR count). The number of rotatable bonds is 15. The summed E-state index contributed by atoms with van der Waals surface area (Å²) in [6, 6.07) is 22.0. The van der Waals surface area contributed by atoms with E-state index in [4.69, 9.17) is 0 Å². The van der Waals surface area contributed by atoms with E-state index in [9.17, 15) is 0 Å². The zero-order chi connectivity index (χ0) is 23.3. The lowest BCUT2D eigenvalue weighted by molar-refractivity contribution is -0.703. The monoisotopic (exact) mass is 445 g/mol. The lowest BCUT2D eigenvalue weighted by Gasteiger charge is -2.12. The molecule has 2 aromatic carbocycles. The molecule has 2 heteroatoms. The van der Waals surface area contributed by atoms with Crippen LogP contribution < -0.4 is 4.57 Å². The van der Waals surface area contributed by atoms with Gasteiger partial charge >= 0.3 is 0 Å². The topological polar surface area (TPSA) is 8.81 Å². The molecule has 0 aliphatic heterocycles. The second-order valence-corrected chi connectivity index (χ2v) is 9.68. The van der Waals surface area contributed by atoms with E-state index < -0.39 is 0 Å². The second-order valence-electron chi connectivity index (χ2n) is 9.68. The molecule has 1 atom stereocenters. The average Bonchev–Trinajstić information content (AvgIpc) is 3.15. The standard InChI is InChI=1S/C31H45N2/c1-4-6-7-8-9-10-17-23-33-30(24-27(3)29-20-15-12-16-21-29)26-32(22-5-2)31(33)25-28-18-13-11-14-19-28/h11-16,18-21,26-27H,4-10,17,22-25H2,1-3H3/q+1. The van der Waals surface area contributed by atoms with Crippen LogP contribution in [0.1, 0.15) is 101 Å². The van der Waals surface area contributed by atoms with Crippen LogP contribution in [0.5, 0.6) is 0 Å². The first-order valence-electron chi connectivity index (χ1n) is 13.4. The molecular weight excluding hydrogens is 400 g/mol. The van der Waals surface area contributed by atoms with Crippen LogP contribution in [0.15, 0.2) is 66.9 Å². The van der Waals surface area contributed by atoms with E-state index in [-0.39, 0.29) is 0 Å². The highest BCUT2D eigenvalue weighted by atomic mass is 15.2. The van der Waals surface area contributed by atoms with Gasteiger partial charge < -0.3 is 0 Å². The Labute approximate surface area is 202 Å². The summed E-state index contributed by atoms with van der Waals surface area (Å²) < 4.78 is 5.22. The summed E-state index contributed by atoms with van der Waals surface area (Å²) in [5, 5.41) is 0. The highest BCUT2D eigenvalue weighted by Crippen LogP contribution is 2.22. The molecule has 1 aromatic heterocycles. The van der Waals surface area contributed by atoms with Crippen molar-refractivity contribution in [2.75, 3.05) is 0 Å². The lowest BCUT2D eigenvalue weighted by Crippen LogP contribution is -2.37. The van der Waals surface area contributed by atoms with Gasteiger partial charge in [0.2, 0.25) is 0 Å². The van der Waals surface area contributed by atoms with Crippen LogP contribution in [0.3, 0.4) is 0 Å². The predicted octanol–water partition coefficient (Wildman–Crippen LogP) is 7.87. The first kappa shape index (κ1) is 25.3. The fourth-order valence-electron chi connectivity index (χ4n) is 4.93. The molecule has 0 radical (unpaired) electrons. The largest absolute Gasteiger partial charge is 0.261 e. The summed E-state index contributed by atoms with van der Waals surface area (Å²) in [5.74, 6) is 2.00. The van der Waals surface area contributed by atoms with Crippen molar-refractivity contribution in [3.63, 3.8) is 0 Å². The highest BCUT2D eigenvalue weighted by molar-refractivity contribution is 5.22. The van der Waals surface area contributed by atoms with Crippen LogP contribution in [0.4, 0.5) is 0 Å². The SMILES string of the molecule is CCCCCCCCCn1c(CC(C)c2ccccc2)c[n+](CCC)c1Cc1ccccc1. The smallest absolute Gasteiger partial charge is 0.234 e. The van der Waals surface area contributed by atoms with Gasteiger partial charge in [-0.1, -0.05) is 114 Å². The maximum absolute atomic E-state index is 2.67. The third kappa shape index (κ3) is 7.88. The van der Waals surface area contributed by atoms with E-state index >= 15 is 0 Å². The van der Waals surface area contributed by atoms with Crippen molar-refractivity contribution in [2.45, 2.75) is 104 Å². The minimum Gasteiger partial charge on any atom is -0.234 e. The molecule has 2 nitrogen and oxygen atoms in total. The van der Waals surface area contributed by atoms with Crippen molar-refractivity contribution in [1.82, 2.24) is 4.57 Å². The Balaban J connectivity index is 1.80. The van der Waals surface area contributed by atoms with Gasteiger partial charge in [0.05, 0.1) is 19.5 Å². The molecule has 0 aliphatic rings. The van der Waals surface area contributed by atoms with Crippen molar-refractivity contribution >= 4 is 0 Å². The molecule has 33 heavy (non-hydrogen) atoms. The van der Waals surface area contributed by atoms with Gasteiger partial charge in [-0.2, -0.15) is 0 Å². The first-order chi connectivity index (χ1) is 16.2. The average molecular weight is 446 g/mol. The molecule has 0 saturated carbocycles. The van der Waals surface area contributed by atoms with Crippen LogP contribution >= 0.6 is 0 Å². The van der Waals surface area contributed by atoms with Crippen molar-refractivity contribution in [3.8, 4) is 0 Å². The Kier molecular flexibility index (Phi) is 10.7. The first-order valence-corrected chi connectivity index (χ1v) is 13.4. The van der Waals surface area contributed by atoms with Crippen LogP contribution in [0.25, 0.3) is 0 Å². The summed E-state index contributed by atoms with van der Waals surface area (Å²) in [5.41, 5.74) is 4.34. The van der Waals surface area contributed by atoms with E-state index in [1.165, 1.54) is 74.0 Å². The van der Waals surface area contributed by atoms with Crippen molar-refractivity contribution in [1.29, 1.82) is 0 Å². The number of imidazole rings is 1. The summed E-state index contributed by atoms with van der Waals surface area (Å²) in [6.45, 7) is 9.20. The number of aromatic nitrogens is 2. The third-order valence-electron chi connectivity index (χ3n) is 6.83. The Morgan fingerprint density at radius 1 is 0.758 bits per heavy atom. The van der Waals surface area contributed by atoms with Gasteiger partial charge in [0.1, 0.15) is 11.9 Å². The van der Waals surface area contributed by atoms with Crippen molar-refractivity contribution < 1.29 is 4.57 Å². The van der Waals surface area contributed by atoms with E-state index in [1.807, 2.05) is 0 Å². The van der Waals surface area contributed by atoms with Crippen molar-refractivity contribution in [2.24, 2.45) is 0 Å². The molecule has 1 unspecified atom stereocenters. The fraction of sp³-hybridized carbons (Fsp3) is 0.516. The van der Waals surface area contributed by atoms with E-state index in [0.717, 1.165) is 25.9 Å². The Morgan fingerprint density at radius 2 is 1.39 bits per heavy atom. The van der Waals surface area contributed by atoms with Gasteiger partial charge in [0.15, 0.2) is 0 Å². The van der Waals surface area contributed by atoms with Gasteiger partial charge in [0.25, 0.3) is 5.82 Å². The highest BCUT2D eigenvalue weighted by Gasteiger charge is 2.24. The molecule has 1 heterocycles. The van der Waals surface area contributed by atoms with Crippen LogP contribution in [-0.4, -0.2) is 4.57 Å². The van der Waals surface area contributed by atoms with Gasteiger partial charge in [-0.15, -0.1) is 0 Å². The molecule has 0 bridgehead atoms. The van der Waals surface area contributed by atoms with Crippen LogP contribution in [0.2, 0.25) is 0 Å². The quantitative estimate of drug-likeness (QED) is 0.166. The summed E-state index contributed by atoms with van der Waals surface area (Å²) in [6.07, 6.45) is 15.2. The molecule has 3 aromatic rings. The van der Waals surface area contributed by atoms with Crippen molar-refractivity contribution in [3.05, 3.63) is 89.5 Å². The number of benzene rings is 2. The molecule has 0 saturated heterocycles. The van der Waals surface area contributed by atoms with Gasteiger partial charge in [-0.05, 0) is 36.3 Å². The number of hydrogen-bond acceptors (Lipinski definition) is 0. The van der Waals surface area contributed by atoms with E-state index in [2.05, 4.69) is 96.8 Å². The minimum absolute atomic E-state index is 0.522. The van der Waals surface area contributed by atoms with Gasteiger partial charge in [-0.25, -0.2) is 9.13 Å². The second kappa shape index (κ2) is 14.0. The summed E-state index contributed by atoms with van der Waals surface area (Å²) >= 11 is 0. The maximum atomic E-state index is 2.67. The number of unbranched alkanes of at least 4 members (excludes halogenated alkanes) is 6. The number of nitrogens with zero attached hydrogens (tertiary/aromatic N) is 2. The Bertz CT molecular complexity index is 911. The Hall–Kier alpha value is -2.35. The molecule has 178 valence electrons. The molecule has 0 aliphatic carbocycles. The van der Waals surface area contributed by atoms with Crippen LogP contribution in [0, 0.1) is 0 Å². The number of hydrogen-bond donors (Lipinski definition) is 0. The Morgan fingerprint density at radius 3 is 2.06 bits per heavy atom. The van der Waals surface area contributed by atoms with E-state index in [0.29, 0.717) is 5.92 Å². The fourth-order valence-corrected chi connectivity index (χ4v) is 4.93. The predicted molar refractivity (Wildman–Crippen MR) is 141 cm³/mol. The summed E-state index contributed by atoms with van der Waals surface area (Å²) in [4.78, 5) is 0. The molecule has 0 fully saturated rings. The zero-order valence-corrected chi connectivity index (χ0v) is 21.3. The maximum Gasteiger partial charge on any atom is 0.261 e. The van der Waals surface area contributed by atoms with Gasteiger partial charge in [0, 0.05) is 6.42 Å². The minimum atomic E-state index is 0.522. The third-order valence-corrected chi connectivity index (χ3v) is 6.83. The molecule has 0 N–H and O–H groups in total. The normalized spacial score (nSPS) is 12.2. The molecule has 0 spiro atoms. The molecular formula is C31H45N2+. The molecule has 0 amide bonds.